The maximum Gasteiger partial charge on any atom is 0.260 e. The van der Waals surface area contributed by atoms with E-state index in [1.807, 2.05) is 64.1 Å². The number of carbonyl (C=O) groups is 4. The molecular formula is C29H35N3O4. The molecule has 4 rings (SSSR count). The number of rotatable bonds is 9. The smallest absolute Gasteiger partial charge is 0.260 e. The lowest BCUT2D eigenvalue weighted by molar-refractivity contribution is -0.135. The largest absolute Gasteiger partial charge is 0.317 e. The Kier molecular flexibility index (Phi) is 7.14. The van der Waals surface area contributed by atoms with Gasteiger partial charge in [-0.25, -0.2) is 0 Å². The maximum atomic E-state index is 13.0. The minimum absolute atomic E-state index is 0.153. The van der Waals surface area contributed by atoms with Gasteiger partial charge in [0.2, 0.25) is 11.8 Å². The number of hydrogen-bond donors (Lipinski definition) is 1. The predicted molar refractivity (Wildman–Crippen MR) is 138 cm³/mol. The summed E-state index contributed by atoms with van der Waals surface area (Å²) in [5.74, 6) is -0.760. The maximum absolute atomic E-state index is 13.0. The van der Waals surface area contributed by atoms with Crippen molar-refractivity contribution < 1.29 is 19.2 Å². The number of nitrogens with zero attached hydrogens (tertiary/aromatic N) is 2. The van der Waals surface area contributed by atoms with Gasteiger partial charge in [-0.2, -0.15) is 0 Å². The van der Waals surface area contributed by atoms with Crippen LogP contribution in [0.5, 0.6) is 0 Å². The van der Waals surface area contributed by atoms with Crippen molar-refractivity contribution in [3.05, 3.63) is 70.8 Å². The molecule has 2 aromatic rings. The van der Waals surface area contributed by atoms with Crippen LogP contribution in [0.4, 0.5) is 0 Å². The molecule has 2 aliphatic heterocycles. The van der Waals surface area contributed by atoms with Crippen LogP contribution in [0.25, 0.3) is 0 Å². The van der Waals surface area contributed by atoms with Gasteiger partial charge in [0.05, 0.1) is 10.8 Å². The van der Waals surface area contributed by atoms with E-state index in [4.69, 9.17) is 0 Å². The molecule has 2 aliphatic rings. The first kappa shape index (κ1) is 25.8. The number of amides is 4. The highest BCUT2D eigenvalue weighted by Gasteiger charge is 2.44. The van der Waals surface area contributed by atoms with Crippen LogP contribution in [0.2, 0.25) is 0 Å². The van der Waals surface area contributed by atoms with Crippen molar-refractivity contribution in [2.75, 3.05) is 26.2 Å². The third-order valence-electron chi connectivity index (χ3n) is 7.43. The first-order valence-electron chi connectivity index (χ1n) is 12.7. The molecule has 0 bridgehead atoms. The van der Waals surface area contributed by atoms with E-state index in [9.17, 15) is 19.2 Å². The molecule has 0 radical (unpaired) electrons. The molecule has 0 aromatic heterocycles. The molecule has 0 saturated carbocycles. The zero-order valence-corrected chi connectivity index (χ0v) is 21.6. The van der Waals surface area contributed by atoms with Crippen molar-refractivity contribution in [3.8, 4) is 0 Å². The number of nitrogens with one attached hydrogen (secondary N) is 1. The molecule has 0 fully saturated rings. The Morgan fingerprint density at radius 1 is 0.611 bits per heavy atom. The van der Waals surface area contributed by atoms with Gasteiger partial charge in [0.25, 0.3) is 11.8 Å². The molecule has 1 N–H and O–H groups in total. The van der Waals surface area contributed by atoms with Gasteiger partial charge in [0.15, 0.2) is 0 Å². The summed E-state index contributed by atoms with van der Waals surface area (Å²) in [6.45, 7) is 9.62. The summed E-state index contributed by atoms with van der Waals surface area (Å²) in [5, 5.41) is 3.35. The van der Waals surface area contributed by atoms with Crippen molar-refractivity contribution >= 4 is 23.6 Å². The molecule has 2 aromatic carbocycles. The van der Waals surface area contributed by atoms with Gasteiger partial charge in [-0.05, 0) is 83.3 Å². The normalized spacial score (nSPS) is 18.3. The number of imide groups is 2. The van der Waals surface area contributed by atoms with Gasteiger partial charge in [0.1, 0.15) is 0 Å². The van der Waals surface area contributed by atoms with E-state index in [0.717, 1.165) is 24.1 Å². The van der Waals surface area contributed by atoms with E-state index < -0.39 is 10.8 Å². The molecular weight excluding hydrogens is 454 g/mol. The number of benzene rings is 2. The summed E-state index contributed by atoms with van der Waals surface area (Å²) in [6, 6.07) is 14.7. The molecule has 36 heavy (non-hydrogen) atoms. The van der Waals surface area contributed by atoms with Crippen LogP contribution in [0.1, 0.15) is 78.8 Å². The van der Waals surface area contributed by atoms with Gasteiger partial charge in [-0.15, -0.1) is 0 Å². The molecule has 7 nitrogen and oxygen atoms in total. The summed E-state index contributed by atoms with van der Waals surface area (Å²) >= 11 is 0. The van der Waals surface area contributed by atoms with E-state index in [2.05, 4.69) is 5.32 Å². The highest BCUT2D eigenvalue weighted by atomic mass is 16.2. The van der Waals surface area contributed by atoms with E-state index in [-0.39, 0.29) is 23.6 Å². The Morgan fingerprint density at radius 2 is 1.03 bits per heavy atom. The highest BCUT2D eigenvalue weighted by molar-refractivity contribution is 6.13. The Balaban J connectivity index is 1.21. The Morgan fingerprint density at radius 3 is 1.53 bits per heavy atom. The molecule has 0 unspecified atom stereocenters. The van der Waals surface area contributed by atoms with Crippen LogP contribution in [0.15, 0.2) is 48.5 Å². The summed E-state index contributed by atoms with van der Waals surface area (Å²) in [6.07, 6.45) is 2.17. The fourth-order valence-corrected chi connectivity index (χ4v) is 5.22. The minimum atomic E-state index is -0.726. The highest BCUT2D eigenvalue weighted by Crippen LogP contribution is 2.35. The first-order chi connectivity index (χ1) is 17.1. The predicted octanol–water partition coefficient (Wildman–Crippen LogP) is 3.67. The van der Waals surface area contributed by atoms with Crippen molar-refractivity contribution in [1.82, 2.24) is 15.1 Å². The van der Waals surface area contributed by atoms with Crippen molar-refractivity contribution in [3.63, 3.8) is 0 Å². The molecule has 0 spiro atoms. The van der Waals surface area contributed by atoms with E-state index in [1.165, 1.54) is 9.80 Å². The van der Waals surface area contributed by atoms with E-state index in [1.54, 1.807) is 12.1 Å². The molecule has 0 saturated heterocycles. The Labute approximate surface area is 212 Å². The summed E-state index contributed by atoms with van der Waals surface area (Å²) < 4.78 is 0. The Bertz CT molecular complexity index is 1110. The van der Waals surface area contributed by atoms with Gasteiger partial charge in [-0.1, -0.05) is 36.4 Å². The molecule has 4 amide bonds. The van der Waals surface area contributed by atoms with Crippen LogP contribution < -0.4 is 5.32 Å². The Hall–Kier alpha value is -3.32. The van der Waals surface area contributed by atoms with Crippen LogP contribution in [-0.2, 0) is 20.4 Å². The van der Waals surface area contributed by atoms with E-state index in [0.29, 0.717) is 43.6 Å². The number of fused-ring (bicyclic) bond motifs is 2. The zero-order chi connectivity index (χ0) is 26.1. The van der Waals surface area contributed by atoms with Crippen molar-refractivity contribution in [2.45, 2.75) is 57.8 Å². The topological polar surface area (TPSA) is 86.8 Å². The molecule has 0 aliphatic carbocycles. The van der Waals surface area contributed by atoms with Crippen molar-refractivity contribution in [2.24, 2.45) is 0 Å². The number of unbranched alkanes of at least 4 members (excludes halogenated alkanes) is 1. The van der Waals surface area contributed by atoms with Crippen molar-refractivity contribution in [1.29, 1.82) is 0 Å². The lowest BCUT2D eigenvalue weighted by Gasteiger charge is -2.37. The van der Waals surface area contributed by atoms with Crippen LogP contribution in [0.3, 0.4) is 0 Å². The fraction of sp³-hybridized carbons (Fsp3) is 0.448. The fourth-order valence-electron chi connectivity index (χ4n) is 5.22. The van der Waals surface area contributed by atoms with Crippen LogP contribution in [-0.4, -0.2) is 59.6 Å². The molecule has 190 valence electrons. The van der Waals surface area contributed by atoms with Gasteiger partial charge in [-0.3, -0.25) is 29.0 Å². The SMILES string of the molecule is CC1(C)C(=O)N(CCCCNCCCN2C(=O)c3ccccc3C(C)(C)C2=O)C(=O)c2ccccc21. The second-order valence-corrected chi connectivity index (χ2v) is 10.7. The van der Waals surface area contributed by atoms with Gasteiger partial charge in [0, 0.05) is 24.2 Å². The third-order valence-corrected chi connectivity index (χ3v) is 7.43. The summed E-state index contributed by atoms with van der Waals surface area (Å²) in [4.78, 5) is 54.5. The number of carbonyl (C=O) groups excluding carboxylic acids is 4. The second-order valence-electron chi connectivity index (χ2n) is 10.7. The molecule has 7 heteroatoms. The second kappa shape index (κ2) is 9.97. The number of hydrogen-bond acceptors (Lipinski definition) is 5. The average Bonchev–Trinajstić information content (AvgIpc) is 2.87. The standard InChI is InChI=1S/C29H35N3O4/c1-28(2)22-14-7-5-12-20(22)24(33)31(26(28)35)18-10-9-16-30-17-11-19-32-25(34)21-13-6-8-15-23(21)29(3,4)27(32)36/h5-8,12-15,30H,9-11,16-19H2,1-4H3. The quantitative estimate of drug-likeness (QED) is 0.429. The molecule has 0 atom stereocenters. The molecule has 2 heterocycles. The van der Waals surface area contributed by atoms with E-state index >= 15 is 0 Å². The lowest BCUT2D eigenvalue weighted by atomic mass is 9.77. The van der Waals surface area contributed by atoms with Crippen LogP contribution in [0, 0.1) is 0 Å². The summed E-state index contributed by atoms with van der Waals surface area (Å²) in [5.41, 5.74) is 1.33. The monoisotopic (exact) mass is 489 g/mol. The first-order valence-corrected chi connectivity index (χ1v) is 12.7. The third kappa shape index (κ3) is 4.48. The average molecular weight is 490 g/mol. The summed E-state index contributed by atoms with van der Waals surface area (Å²) in [7, 11) is 0. The zero-order valence-electron chi connectivity index (χ0n) is 21.6. The van der Waals surface area contributed by atoms with Gasteiger partial charge >= 0.3 is 0 Å². The minimum Gasteiger partial charge on any atom is -0.317 e. The lowest BCUT2D eigenvalue weighted by Crippen LogP contribution is -2.52. The van der Waals surface area contributed by atoms with Gasteiger partial charge < -0.3 is 5.32 Å². The van der Waals surface area contributed by atoms with Crippen LogP contribution >= 0.6 is 0 Å².